The summed E-state index contributed by atoms with van der Waals surface area (Å²) in [6, 6.07) is 9.30. The van der Waals surface area contributed by atoms with E-state index >= 15 is 0 Å². The van der Waals surface area contributed by atoms with Gasteiger partial charge < -0.3 is 25.7 Å². The van der Waals surface area contributed by atoms with Crippen molar-refractivity contribution < 1.29 is 9.53 Å². The number of amides is 1. The number of rotatable bonds is 7. The maximum absolute atomic E-state index is 13.4. The number of nitrogens with one attached hydrogen (secondary N) is 2. The van der Waals surface area contributed by atoms with Crippen LogP contribution in [0.2, 0.25) is 5.02 Å². The van der Waals surface area contributed by atoms with E-state index in [4.69, 9.17) is 22.1 Å². The van der Waals surface area contributed by atoms with Gasteiger partial charge in [-0.25, -0.2) is 9.97 Å². The van der Waals surface area contributed by atoms with Crippen LogP contribution in [0.25, 0.3) is 11.0 Å². The second kappa shape index (κ2) is 9.90. The monoisotopic (exact) mass is 484 g/mol. The van der Waals surface area contributed by atoms with Gasteiger partial charge in [-0.3, -0.25) is 4.79 Å². The molecule has 1 atom stereocenters. The fourth-order valence-corrected chi connectivity index (χ4v) is 4.38. The number of aromatic nitrogens is 3. The van der Waals surface area contributed by atoms with Crippen molar-refractivity contribution in [3.63, 3.8) is 0 Å². The van der Waals surface area contributed by atoms with Gasteiger partial charge in [0, 0.05) is 30.9 Å². The number of nitrogens with two attached hydrogens (primary N) is 1. The van der Waals surface area contributed by atoms with Crippen LogP contribution < -0.4 is 16.0 Å². The molecule has 34 heavy (non-hydrogen) atoms. The molecule has 9 heteroatoms. The van der Waals surface area contributed by atoms with Crippen LogP contribution >= 0.6 is 11.6 Å². The van der Waals surface area contributed by atoms with E-state index in [-0.39, 0.29) is 17.6 Å². The third-order valence-electron chi connectivity index (χ3n) is 6.26. The molecule has 1 saturated heterocycles. The highest BCUT2D eigenvalue weighted by Gasteiger charge is 2.39. The molecule has 3 aromatic rings. The average molecular weight is 485 g/mol. The molecule has 182 valence electrons. The number of benzene rings is 1. The van der Waals surface area contributed by atoms with E-state index in [2.05, 4.69) is 25.2 Å². The van der Waals surface area contributed by atoms with E-state index in [1.807, 2.05) is 57.3 Å². The summed E-state index contributed by atoms with van der Waals surface area (Å²) in [5.74, 6) is 0.726. The van der Waals surface area contributed by atoms with Crippen LogP contribution in [0.15, 0.2) is 42.9 Å². The van der Waals surface area contributed by atoms with Gasteiger partial charge in [-0.1, -0.05) is 23.7 Å². The van der Waals surface area contributed by atoms with Crippen molar-refractivity contribution in [3.05, 3.63) is 53.4 Å². The van der Waals surface area contributed by atoms with Crippen LogP contribution in [-0.4, -0.2) is 51.7 Å². The average Bonchev–Trinajstić information content (AvgIpc) is 3.28. The summed E-state index contributed by atoms with van der Waals surface area (Å²) >= 11 is 6.08. The fourth-order valence-electron chi connectivity index (χ4n) is 4.26. The van der Waals surface area contributed by atoms with Crippen molar-refractivity contribution in [2.45, 2.75) is 57.2 Å². The third-order valence-corrected chi connectivity index (χ3v) is 6.51. The van der Waals surface area contributed by atoms with Gasteiger partial charge in [0.1, 0.15) is 17.8 Å². The van der Waals surface area contributed by atoms with Gasteiger partial charge in [-0.15, -0.1) is 0 Å². The lowest BCUT2D eigenvalue weighted by molar-refractivity contribution is -0.128. The van der Waals surface area contributed by atoms with Gasteiger partial charge in [-0.05, 0) is 63.8 Å². The number of halogens is 1. The zero-order valence-corrected chi connectivity index (χ0v) is 20.7. The largest absolute Gasteiger partial charge is 0.376 e. The third kappa shape index (κ3) is 5.68. The van der Waals surface area contributed by atoms with Crippen LogP contribution in [0.1, 0.15) is 51.6 Å². The van der Waals surface area contributed by atoms with Crippen molar-refractivity contribution in [3.8, 4) is 0 Å². The van der Waals surface area contributed by atoms with Crippen molar-refractivity contribution in [2.24, 2.45) is 5.73 Å². The van der Waals surface area contributed by atoms with E-state index in [1.54, 1.807) is 6.33 Å². The lowest BCUT2D eigenvalue weighted by Crippen LogP contribution is -2.60. The SMILES string of the molecule is CC(C)(C)OCCC(NC(=O)C1(N)CCN(c2ncnc3[nH]ccc23)CC1)c1ccc(Cl)cc1. The standard InChI is InChI=1S/C25H33ClN6O2/c1-24(2,3)34-15-9-20(17-4-6-18(26)7-5-17)31-23(33)25(27)10-13-32(14-11-25)22-19-8-12-28-21(19)29-16-30-22/h4-8,12,16,20H,9-11,13-15,27H2,1-3H3,(H,31,33)(H,28,29,30). The van der Waals surface area contributed by atoms with Gasteiger partial charge in [0.2, 0.25) is 5.91 Å². The number of hydrogen-bond donors (Lipinski definition) is 3. The van der Waals surface area contributed by atoms with Crippen LogP contribution in [0.4, 0.5) is 5.82 Å². The van der Waals surface area contributed by atoms with Crippen LogP contribution in [0, 0.1) is 0 Å². The Kier molecular flexibility index (Phi) is 7.12. The quantitative estimate of drug-likeness (QED) is 0.468. The molecule has 1 aromatic carbocycles. The molecule has 8 nitrogen and oxygen atoms in total. The molecule has 3 heterocycles. The maximum Gasteiger partial charge on any atom is 0.240 e. The number of nitrogens with zero attached hydrogens (tertiary/aromatic N) is 3. The molecule has 1 aliphatic heterocycles. The first kappa shape index (κ1) is 24.4. The highest BCUT2D eigenvalue weighted by Crippen LogP contribution is 2.29. The lowest BCUT2D eigenvalue weighted by Gasteiger charge is -2.39. The molecule has 1 amide bonds. The van der Waals surface area contributed by atoms with Crippen molar-refractivity contribution in [2.75, 3.05) is 24.6 Å². The molecule has 4 rings (SSSR count). The van der Waals surface area contributed by atoms with Crippen molar-refractivity contribution in [1.82, 2.24) is 20.3 Å². The number of carbonyl (C=O) groups is 1. The number of piperidine rings is 1. The normalized spacial score (nSPS) is 17.0. The maximum atomic E-state index is 13.4. The molecule has 1 fully saturated rings. The summed E-state index contributed by atoms with van der Waals surface area (Å²) < 4.78 is 5.92. The first-order valence-corrected chi connectivity index (χ1v) is 12.0. The second-order valence-electron chi connectivity index (χ2n) is 9.91. The minimum absolute atomic E-state index is 0.141. The summed E-state index contributed by atoms with van der Waals surface area (Å²) in [6.45, 7) is 7.85. The van der Waals surface area contributed by atoms with E-state index < -0.39 is 5.54 Å². The minimum atomic E-state index is -0.948. The molecular weight excluding hydrogens is 452 g/mol. The summed E-state index contributed by atoms with van der Waals surface area (Å²) in [5.41, 5.74) is 7.24. The number of fused-ring (bicyclic) bond motifs is 1. The summed E-state index contributed by atoms with van der Waals surface area (Å²) in [4.78, 5) is 27.4. The van der Waals surface area contributed by atoms with Gasteiger partial charge in [0.05, 0.1) is 22.6 Å². The van der Waals surface area contributed by atoms with Crippen LogP contribution in [0.3, 0.4) is 0 Å². The molecule has 4 N–H and O–H groups in total. The van der Waals surface area contributed by atoms with Gasteiger partial charge in [-0.2, -0.15) is 0 Å². The topological polar surface area (TPSA) is 109 Å². The molecule has 0 aliphatic carbocycles. The molecule has 1 unspecified atom stereocenters. The minimum Gasteiger partial charge on any atom is -0.376 e. The Morgan fingerprint density at radius 1 is 1.24 bits per heavy atom. The van der Waals surface area contributed by atoms with E-state index in [9.17, 15) is 4.79 Å². The van der Waals surface area contributed by atoms with Gasteiger partial charge in [0.15, 0.2) is 0 Å². The van der Waals surface area contributed by atoms with Gasteiger partial charge >= 0.3 is 0 Å². The Hall–Kier alpha value is -2.68. The summed E-state index contributed by atoms with van der Waals surface area (Å²) in [7, 11) is 0. The molecular formula is C25H33ClN6O2. The van der Waals surface area contributed by atoms with Crippen molar-refractivity contribution in [1.29, 1.82) is 0 Å². The smallest absolute Gasteiger partial charge is 0.240 e. The number of anilines is 1. The van der Waals surface area contributed by atoms with Crippen LogP contribution in [0.5, 0.6) is 0 Å². The Morgan fingerprint density at radius 2 is 1.94 bits per heavy atom. The Balaban J connectivity index is 1.43. The van der Waals surface area contributed by atoms with E-state index in [1.165, 1.54) is 0 Å². The van der Waals surface area contributed by atoms with E-state index in [0.29, 0.717) is 44.0 Å². The number of hydrogen-bond acceptors (Lipinski definition) is 6. The fraction of sp³-hybridized carbons (Fsp3) is 0.480. The highest BCUT2D eigenvalue weighted by molar-refractivity contribution is 6.30. The first-order valence-electron chi connectivity index (χ1n) is 11.7. The Bertz CT molecular complexity index is 1120. The Morgan fingerprint density at radius 3 is 2.62 bits per heavy atom. The predicted octanol–water partition coefficient (Wildman–Crippen LogP) is 3.97. The van der Waals surface area contributed by atoms with Crippen molar-refractivity contribution >= 4 is 34.4 Å². The predicted molar refractivity (Wildman–Crippen MR) is 135 cm³/mol. The molecule has 0 spiro atoms. The zero-order valence-electron chi connectivity index (χ0n) is 20.0. The molecule has 1 aliphatic rings. The van der Waals surface area contributed by atoms with Gasteiger partial charge in [0.25, 0.3) is 0 Å². The van der Waals surface area contributed by atoms with Crippen LogP contribution in [-0.2, 0) is 9.53 Å². The first-order chi connectivity index (χ1) is 16.1. The molecule has 0 saturated carbocycles. The summed E-state index contributed by atoms with van der Waals surface area (Å²) in [5, 5.41) is 4.82. The van der Waals surface area contributed by atoms with E-state index in [0.717, 1.165) is 22.4 Å². The number of ether oxygens (including phenoxy) is 1. The lowest BCUT2D eigenvalue weighted by atomic mass is 9.87. The molecule has 2 aromatic heterocycles. The summed E-state index contributed by atoms with van der Waals surface area (Å²) in [6.07, 6.45) is 5.11. The highest BCUT2D eigenvalue weighted by atomic mass is 35.5. The zero-order chi connectivity index (χ0) is 24.3. The molecule has 0 bridgehead atoms. The number of carbonyl (C=O) groups excluding carboxylic acids is 1. The number of aromatic amines is 1. The Labute approximate surface area is 205 Å². The number of H-pyrrole nitrogens is 1. The second-order valence-corrected chi connectivity index (χ2v) is 10.3. The molecule has 0 radical (unpaired) electrons.